The number of amides is 1. The molecule has 3 aromatic rings. The van der Waals surface area contributed by atoms with Crippen molar-refractivity contribution in [1.29, 1.82) is 0 Å². The summed E-state index contributed by atoms with van der Waals surface area (Å²) >= 11 is 0. The third-order valence-electron chi connectivity index (χ3n) is 3.58. The zero-order valence-corrected chi connectivity index (χ0v) is 14.2. The van der Waals surface area contributed by atoms with Crippen LogP contribution in [0.1, 0.15) is 16.4 Å². The average molecular weight is 353 g/mol. The van der Waals surface area contributed by atoms with Crippen molar-refractivity contribution in [2.24, 2.45) is 5.73 Å². The van der Waals surface area contributed by atoms with Gasteiger partial charge >= 0.3 is 0 Å². The summed E-state index contributed by atoms with van der Waals surface area (Å²) in [7, 11) is 0. The van der Waals surface area contributed by atoms with Crippen molar-refractivity contribution in [2.45, 2.75) is 13.1 Å². The van der Waals surface area contributed by atoms with Crippen LogP contribution in [0, 0.1) is 0 Å². The van der Waals surface area contributed by atoms with Crippen LogP contribution in [0.25, 0.3) is 11.4 Å². The first kappa shape index (κ1) is 17.5. The molecular formula is C17H19N7O2. The molecule has 2 heterocycles. The molecule has 0 aliphatic carbocycles. The monoisotopic (exact) mass is 353 g/mol. The number of hydrogen-bond acceptors (Lipinski definition) is 7. The summed E-state index contributed by atoms with van der Waals surface area (Å²) in [6.45, 7) is 5.05. The average Bonchev–Trinajstić information content (AvgIpc) is 3.32. The van der Waals surface area contributed by atoms with Crippen LogP contribution in [0.3, 0.4) is 0 Å². The summed E-state index contributed by atoms with van der Waals surface area (Å²) < 4.78 is 6.81. The number of carbonyl (C=O) groups is 1. The molecule has 3 rings (SSSR count). The lowest BCUT2D eigenvalue weighted by Crippen LogP contribution is -2.31. The molecule has 0 saturated carbocycles. The van der Waals surface area contributed by atoms with Gasteiger partial charge in [-0.3, -0.25) is 9.48 Å². The lowest BCUT2D eigenvalue weighted by molar-refractivity contribution is 0.0739. The number of aromatic nitrogens is 5. The van der Waals surface area contributed by atoms with Crippen LogP contribution in [0.4, 0.5) is 0 Å². The Hall–Kier alpha value is -3.33. The fraction of sp³-hybridized carbons (Fsp3) is 0.235. The highest BCUT2D eigenvalue weighted by Gasteiger charge is 2.21. The van der Waals surface area contributed by atoms with Crippen LogP contribution in [0.5, 0.6) is 0 Å². The lowest BCUT2D eigenvalue weighted by Gasteiger charge is -2.17. The Bertz CT molecular complexity index is 872. The highest BCUT2D eigenvalue weighted by Crippen LogP contribution is 2.16. The number of benzene rings is 1. The van der Waals surface area contributed by atoms with E-state index < -0.39 is 0 Å². The topological polar surface area (TPSA) is 116 Å². The van der Waals surface area contributed by atoms with Gasteiger partial charge in [0.1, 0.15) is 6.54 Å². The first-order valence-electron chi connectivity index (χ1n) is 8.09. The smallest absolute Gasteiger partial charge is 0.276 e. The fourth-order valence-corrected chi connectivity index (χ4v) is 2.36. The van der Waals surface area contributed by atoms with E-state index >= 15 is 0 Å². The first-order valence-corrected chi connectivity index (χ1v) is 8.09. The van der Waals surface area contributed by atoms with Crippen molar-refractivity contribution in [1.82, 2.24) is 30.0 Å². The molecule has 0 atom stereocenters. The van der Waals surface area contributed by atoms with Crippen molar-refractivity contribution in [3.8, 4) is 11.4 Å². The van der Waals surface area contributed by atoms with E-state index in [1.54, 1.807) is 12.3 Å². The highest BCUT2D eigenvalue weighted by molar-refractivity contribution is 5.91. The van der Waals surface area contributed by atoms with Gasteiger partial charge in [0.05, 0.1) is 12.7 Å². The Morgan fingerprint density at radius 3 is 2.88 bits per heavy atom. The largest absolute Gasteiger partial charge is 0.337 e. The Balaban J connectivity index is 1.75. The zero-order chi connectivity index (χ0) is 18.4. The summed E-state index contributed by atoms with van der Waals surface area (Å²) in [6, 6.07) is 9.47. The molecule has 1 aromatic carbocycles. The molecule has 9 heteroatoms. The highest BCUT2D eigenvalue weighted by atomic mass is 16.5. The van der Waals surface area contributed by atoms with E-state index in [4.69, 9.17) is 10.3 Å². The third-order valence-corrected chi connectivity index (χ3v) is 3.58. The minimum Gasteiger partial charge on any atom is -0.337 e. The third kappa shape index (κ3) is 4.01. The van der Waals surface area contributed by atoms with Gasteiger partial charge in [-0.2, -0.15) is 4.98 Å². The van der Waals surface area contributed by atoms with Gasteiger partial charge in [0.25, 0.3) is 5.91 Å². The summed E-state index contributed by atoms with van der Waals surface area (Å²) in [5.41, 5.74) is 6.55. The van der Waals surface area contributed by atoms with Gasteiger partial charge < -0.3 is 15.2 Å². The summed E-state index contributed by atoms with van der Waals surface area (Å²) in [5.74, 6) is 0.501. The molecule has 134 valence electrons. The van der Waals surface area contributed by atoms with Crippen molar-refractivity contribution in [2.75, 3.05) is 13.1 Å². The molecular weight excluding hydrogens is 334 g/mol. The molecule has 2 aromatic heterocycles. The van der Waals surface area contributed by atoms with Gasteiger partial charge in [-0.05, 0) is 0 Å². The second-order valence-corrected chi connectivity index (χ2v) is 5.51. The van der Waals surface area contributed by atoms with Crippen molar-refractivity contribution < 1.29 is 9.32 Å². The van der Waals surface area contributed by atoms with Gasteiger partial charge in [0, 0.05) is 18.7 Å². The van der Waals surface area contributed by atoms with Gasteiger partial charge in [-0.25, -0.2) is 0 Å². The molecule has 26 heavy (non-hydrogen) atoms. The molecule has 0 bridgehead atoms. The standard InChI is InChI=1S/C17H19N7O2/c1-2-9-23(17(25)14-11-24(10-8-18)22-20-14)12-15-19-16(21-26-15)13-6-4-3-5-7-13/h2-7,11H,1,8-10,12,18H2. The van der Waals surface area contributed by atoms with Gasteiger partial charge in [-0.1, -0.05) is 46.8 Å². The van der Waals surface area contributed by atoms with Crippen LogP contribution in [-0.4, -0.2) is 49.0 Å². The maximum atomic E-state index is 12.7. The maximum Gasteiger partial charge on any atom is 0.276 e. The summed E-state index contributed by atoms with van der Waals surface area (Å²) in [6.07, 6.45) is 3.19. The van der Waals surface area contributed by atoms with E-state index in [1.165, 1.54) is 9.58 Å². The van der Waals surface area contributed by atoms with E-state index in [0.717, 1.165) is 5.56 Å². The normalized spacial score (nSPS) is 10.7. The SMILES string of the molecule is C=CCN(Cc1nc(-c2ccccc2)no1)C(=O)c1cn(CCN)nn1. The van der Waals surface area contributed by atoms with E-state index in [1.807, 2.05) is 30.3 Å². The molecule has 2 N–H and O–H groups in total. The Labute approximate surface area is 150 Å². The Morgan fingerprint density at radius 2 is 2.15 bits per heavy atom. The van der Waals surface area contributed by atoms with Crippen molar-refractivity contribution in [3.05, 3.63) is 60.8 Å². The fourth-order valence-electron chi connectivity index (χ4n) is 2.36. The number of nitrogens with zero attached hydrogens (tertiary/aromatic N) is 6. The first-order chi connectivity index (χ1) is 12.7. The molecule has 0 radical (unpaired) electrons. The van der Waals surface area contributed by atoms with Crippen LogP contribution in [-0.2, 0) is 13.1 Å². The van der Waals surface area contributed by atoms with Crippen LogP contribution >= 0.6 is 0 Å². The number of nitrogens with two attached hydrogens (primary N) is 1. The molecule has 1 amide bonds. The van der Waals surface area contributed by atoms with E-state index in [9.17, 15) is 4.79 Å². The van der Waals surface area contributed by atoms with E-state index in [-0.39, 0.29) is 18.1 Å². The van der Waals surface area contributed by atoms with Gasteiger partial charge in [0.2, 0.25) is 11.7 Å². The molecule has 0 aliphatic heterocycles. The van der Waals surface area contributed by atoms with Crippen molar-refractivity contribution in [3.63, 3.8) is 0 Å². The molecule has 0 fully saturated rings. The number of carbonyl (C=O) groups excluding carboxylic acids is 1. The zero-order valence-electron chi connectivity index (χ0n) is 14.2. The van der Waals surface area contributed by atoms with Crippen LogP contribution in [0.15, 0.2) is 53.7 Å². The Morgan fingerprint density at radius 1 is 1.35 bits per heavy atom. The van der Waals surface area contributed by atoms with E-state index in [0.29, 0.717) is 31.3 Å². The summed E-state index contributed by atoms with van der Waals surface area (Å²) in [4.78, 5) is 18.5. The molecule has 9 nitrogen and oxygen atoms in total. The van der Waals surface area contributed by atoms with Crippen LogP contribution < -0.4 is 5.73 Å². The minimum atomic E-state index is -0.298. The molecule has 0 saturated heterocycles. The lowest BCUT2D eigenvalue weighted by atomic mass is 10.2. The molecule has 0 aliphatic rings. The molecule has 0 unspecified atom stereocenters. The second kappa shape index (κ2) is 8.17. The Kier molecular flexibility index (Phi) is 5.49. The van der Waals surface area contributed by atoms with Gasteiger partial charge in [-0.15, -0.1) is 11.7 Å². The molecule has 0 spiro atoms. The van der Waals surface area contributed by atoms with E-state index in [2.05, 4.69) is 27.0 Å². The number of rotatable bonds is 8. The predicted octanol–water partition coefficient (Wildman–Crippen LogP) is 1.12. The predicted molar refractivity (Wildman–Crippen MR) is 93.7 cm³/mol. The van der Waals surface area contributed by atoms with Gasteiger partial charge in [0.15, 0.2) is 5.69 Å². The van der Waals surface area contributed by atoms with Crippen LogP contribution in [0.2, 0.25) is 0 Å². The van der Waals surface area contributed by atoms with Crippen molar-refractivity contribution >= 4 is 5.91 Å². The summed E-state index contributed by atoms with van der Waals surface area (Å²) in [5, 5.41) is 11.7. The quantitative estimate of drug-likeness (QED) is 0.603. The number of hydrogen-bond donors (Lipinski definition) is 1. The minimum absolute atomic E-state index is 0.147. The second-order valence-electron chi connectivity index (χ2n) is 5.51. The maximum absolute atomic E-state index is 12.7.